The third kappa shape index (κ3) is 3.06. The number of nitrogens with zero attached hydrogens (tertiary/aromatic N) is 1. The fraction of sp³-hybridized carbons (Fsp3) is 0.625. The Morgan fingerprint density at radius 3 is 2.50 bits per heavy atom. The second kappa shape index (κ2) is 6.00. The maximum Gasteiger partial charge on any atom is 0.125 e. The minimum absolute atomic E-state index is 0.140. The third-order valence-electron chi connectivity index (χ3n) is 4.46. The molecule has 1 saturated heterocycles. The SMILES string of the molecule is OC1CCC(Nc2ccc(F)cc2N2CCCC2)CC1. The number of benzene rings is 1. The number of aliphatic hydroxyl groups is 1. The molecule has 2 fully saturated rings. The number of rotatable bonds is 3. The van der Waals surface area contributed by atoms with E-state index in [4.69, 9.17) is 0 Å². The van der Waals surface area contributed by atoms with Crippen molar-refractivity contribution in [3.63, 3.8) is 0 Å². The van der Waals surface area contributed by atoms with Gasteiger partial charge in [-0.1, -0.05) is 0 Å². The van der Waals surface area contributed by atoms with E-state index in [1.54, 1.807) is 6.07 Å². The van der Waals surface area contributed by atoms with Crippen LogP contribution in [-0.2, 0) is 0 Å². The molecule has 2 aliphatic rings. The lowest BCUT2D eigenvalue weighted by molar-refractivity contribution is 0.126. The smallest absolute Gasteiger partial charge is 0.125 e. The van der Waals surface area contributed by atoms with Crippen LogP contribution in [0.1, 0.15) is 38.5 Å². The summed E-state index contributed by atoms with van der Waals surface area (Å²) in [5, 5.41) is 13.1. The molecule has 0 spiro atoms. The lowest BCUT2D eigenvalue weighted by Crippen LogP contribution is -2.29. The highest BCUT2D eigenvalue weighted by atomic mass is 19.1. The van der Waals surface area contributed by atoms with Crippen molar-refractivity contribution in [2.75, 3.05) is 23.3 Å². The van der Waals surface area contributed by atoms with Gasteiger partial charge in [0, 0.05) is 19.1 Å². The van der Waals surface area contributed by atoms with Crippen molar-refractivity contribution in [2.45, 2.75) is 50.7 Å². The molecule has 1 aromatic carbocycles. The van der Waals surface area contributed by atoms with Gasteiger partial charge in [-0.25, -0.2) is 4.39 Å². The van der Waals surface area contributed by atoms with Crippen molar-refractivity contribution < 1.29 is 9.50 Å². The summed E-state index contributed by atoms with van der Waals surface area (Å²) >= 11 is 0. The molecule has 0 amide bonds. The second-order valence-corrected chi connectivity index (χ2v) is 6.01. The van der Waals surface area contributed by atoms with Crippen molar-refractivity contribution >= 4 is 11.4 Å². The molecular weight excluding hydrogens is 255 g/mol. The zero-order valence-corrected chi connectivity index (χ0v) is 11.8. The normalized spacial score (nSPS) is 26.8. The minimum atomic E-state index is -0.170. The van der Waals surface area contributed by atoms with E-state index < -0.39 is 0 Å². The first-order valence-electron chi connectivity index (χ1n) is 7.71. The van der Waals surface area contributed by atoms with Crippen LogP contribution < -0.4 is 10.2 Å². The lowest BCUT2D eigenvalue weighted by Gasteiger charge is -2.29. The highest BCUT2D eigenvalue weighted by Crippen LogP contribution is 2.32. The molecule has 1 aromatic rings. The first kappa shape index (κ1) is 13.7. The quantitative estimate of drug-likeness (QED) is 0.891. The Bertz CT molecular complexity index is 452. The van der Waals surface area contributed by atoms with Gasteiger partial charge < -0.3 is 15.3 Å². The van der Waals surface area contributed by atoms with Gasteiger partial charge in [0.05, 0.1) is 17.5 Å². The Morgan fingerprint density at radius 1 is 1.10 bits per heavy atom. The van der Waals surface area contributed by atoms with Gasteiger partial charge in [-0.3, -0.25) is 0 Å². The predicted octanol–water partition coefficient (Wildman–Crippen LogP) is 3.14. The number of nitrogens with one attached hydrogen (secondary N) is 1. The van der Waals surface area contributed by atoms with Crippen molar-refractivity contribution in [2.24, 2.45) is 0 Å². The van der Waals surface area contributed by atoms with Gasteiger partial charge in [0.1, 0.15) is 5.82 Å². The lowest BCUT2D eigenvalue weighted by atomic mass is 9.93. The van der Waals surface area contributed by atoms with Crippen LogP contribution in [-0.4, -0.2) is 30.3 Å². The average molecular weight is 278 g/mol. The largest absolute Gasteiger partial charge is 0.393 e. The zero-order valence-electron chi connectivity index (χ0n) is 11.8. The minimum Gasteiger partial charge on any atom is -0.393 e. The van der Waals surface area contributed by atoms with Crippen LogP contribution in [0.2, 0.25) is 0 Å². The van der Waals surface area contributed by atoms with Crippen molar-refractivity contribution in [3.8, 4) is 0 Å². The van der Waals surface area contributed by atoms with Gasteiger partial charge in [-0.05, 0) is 56.7 Å². The molecule has 0 bridgehead atoms. The van der Waals surface area contributed by atoms with Gasteiger partial charge in [-0.15, -0.1) is 0 Å². The third-order valence-corrected chi connectivity index (χ3v) is 4.46. The maximum absolute atomic E-state index is 13.5. The summed E-state index contributed by atoms with van der Waals surface area (Å²) in [4.78, 5) is 2.27. The highest BCUT2D eigenvalue weighted by Gasteiger charge is 2.22. The fourth-order valence-electron chi connectivity index (χ4n) is 3.29. The number of aliphatic hydroxyl groups excluding tert-OH is 1. The number of halogens is 1. The Labute approximate surface area is 119 Å². The molecule has 1 saturated carbocycles. The average Bonchev–Trinajstić information content (AvgIpc) is 2.97. The van der Waals surface area contributed by atoms with Gasteiger partial charge in [0.25, 0.3) is 0 Å². The molecule has 3 nitrogen and oxygen atoms in total. The van der Waals surface area contributed by atoms with E-state index in [1.807, 2.05) is 6.07 Å². The molecule has 0 aromatic heterocycles. The predicted molar refractivity (Wildman–Crippen MR) is 79.7 cm³/mol. The molecule has 0 unspecified atom stereocenters. The molecule has 2 N–H and O–H groups in total. The van der Waals surface area contributed by atoms with Crippen LogP contribution >= 0.6 is 0 Å². The molecule has 20 heavy (non-hydrogen) atoms. The molecule has 3 rings (SSSR count). The Kier molecular flexibility index (Phi) is 4.10. The molecule has 4 heteroatoms. The summed E-state index contributed by atoms with van der Waals surface area (Å²) < 4.78 is 13.5. The van der Waals surface area contributed by atoms with Crippen LogP contribution in [0.25, 0.3) is 0 Å². The first-order chi connectivity index (χ1) is 9.72. The van der Waals surface area contributed by atoms with Gasteiger partial charge in [-0.2, -0.15) is 0 Å². The van der Waals surface area contributed by atoms with Crippen LogP contribution in [0.4, 0.5) is 15.8 Å². The van der Waals surface area contributed by atoms with E-state index in [1.165, 1.54) is 18.9 Å². The summed E-state index contributed by atoms with van der Waals surface area (Å²) in [6.07, 6.45) is 5.92. The molecule has 110 valence electrons. The van der Waals surface area contributed by atoms with Gasteiger partial charge >= 0.3 is 0 Å². The summed E-state index contributed by atoms with van der Waals surface area (Å²) in [7, 11) is 0. The maximum atomic E-state index is 13.5. The number of hydrogen-bond donors (Lipinski definition) is 2. The van der Waals surface area contributed by atoms with E-state index in [9.17, 15) is 9.50 Å². The standard InChI is InChI=1S/C16H23FN2O/c17-12-3-8-15(16(11-12)19-9-1-2-10-19)18-13-4-6-14(20)7-5-13/h3,8,11,13-14,18,20H,1-2,4-7,9-10H2. The number of anilines is 2. The van der Waals surface area contributed by atoms with E-state index in [0.29, 0.717) is 6.04 Å². The fourth-order valence-corrected chi connectivity index (χ4v) is 3.29. The Morgan fingerprint density at radius 2 is 1.80 bits per heavy atom. The van der Waals surface area contributed by atoms with Crippen LogP contribution in [0, 0.1) is 5.82 Å². The van der Waals surface area contributed by atoms with E-state index in [0.717, 1.165) is 50.1 Å². The topological polar surface area (TPSA) is 35.5 Å². The van der Waals surface area contributed by atoms with Crippen LogP contribution in [0.5, 0.6) is 0 Å². The first-order valence-corrected chi connectivity index (χ1v) is 7.71. The summed E-state index contributed by atoms with van der Waals surface area (Å²) in [6, 6.07) is 5.42. The highest BCUT2D eigenvalue weighted by molar-refractivity contribution is 5.70. The van der Waals surface area contributed by atoms with E-state index in [2.05, 4.69) is 10.2 Å². The monoisotopic (exact) mass is 278 g/mol. The second-order valence-electron chi connectivity index (χ2n) is 6.01. The molecule has 0 atom stereocenters. The summed E-state index contributed by atoms with van der Waals surface area (Å²) in [5.74, 6) is -0.170. The van der Waals surface area contributed by atoms with Crippen LogP contribution in [0.3, 0.4) is 0 Å². The van der Waals surface area contributed by atoms with Crippen molar-refractivity contribution in [3.05, 3.63) is 24.0 Å². The molecular formula is C16H23FN2O. The Balaban J connectivity index is 1.74. The molecule has 0 radical (unpaired) electrons. The summed E-state index contributed by atoms with van der Waals surface area (Å²) in [5.41, 5.74) is 2.03. The summed E-state index contributed by atoms with van der Waals surface area (Å²) in [6.45, 7) is 2.03. The molecule has 1 aliphatic carbocycles. The van der Waals surface area contributed by atoms with E-state index in [-0.39, 0.29) is 11.9 Å². The van der Waals surface area contributed by atoms with Crippen molar-refractivity contribution in [1.82, 2.24) is 0 Å². The molecule has 1 heterocycles. The number of hydrogen-bond acceptors (Lipinski definition) is 3. The Hall–Kier alpha value is -1.29. The van der Waals surface area contributed by atoms with Gasteiger partial charge in [0.2, 0.25) is 0 Å². The van der Waals surface area contributed by atoms with E-state index >= 15 is 0 Å². The van der Waals surface area contributed by atoms with Crippen LogP contribution in [0.15, 0.2) is 18.2 Å². The van der Waals surface area contributed by atoms with Crippen molar-refractivity contribution in [1.29, 1.82) is 0 Å². The zero-order chi connectivity index (χ0) is 13.9. The van der Waals surface area contributed by atoms with Gasteiger partial charge in [0.15, 0.2) is 0 Å². The molecule has 1 aliphatic heterocycles.